The van der Waals surface area contributed by atoms with Crippen LogP contribution in [0.5, 0.6) is 11.5 Å². The van der Waals surface area contributed by atoms with Gasteiger partial charge in [-0.2, -0.15) is 4.98 Å². The summed E-state index contributed by atoms with van der Waals surface area (Å²) >= 11 is 0. The van der Waals surface area contributed by atoms with Gasteiger partial charge in [-0.25, -0.2) is 4.98 Å². The number of likely N-dealkylation sites (tertiary alicyclic amines) is 1. The number of anilines is 2. The lowest BCUT2D eigenvalue weighted by Crippen LogP contribution is -2.39. The lowest BCUT2D eigenvalue weighted by Gasteiger charge is -2.34. The molecule has 7 heteroatoms. The van der Waals surface area contributed by atoms with Crippen LogP contribution in [0, 0.1) is 11.8 Å². The van der Waals surface area contributed by atoms with Gasteiger partial charge in [0, 0.05) is 50.2 Å². The van der Waals surface area contributed by atoms with Crippen LogP contribution in [0.1, 0.15) is 44.1 Å². The fourth-order valence-electron chi connectivity index (χ4n) is 6.10. The standard InChI is InChI=1S/C30H39N5O2/c1-36-27-18-25-26(19-28(27)37-2)32-30(35-16-10-23(11-17-35)22-8-9-22)33-29(25)31-24-12-14-34(15-13-24)20-21-6-4-3-5-7-21/h3-7,18-19,22-24H,8-17,20H2,1-2H3,(H,31,32,33). The molecule has 0 spiro atoms. The second kappa shape index (κ2) is 10.7. The van der Waals surface area contributed by atoms with Crippen LogP contribution in [0.3, 0.4) is 0 Å². The summed E-state index contributed by atoms with van der Waals surface area (Å²) in [5.74, 6) is 5.01. The number of ether oxygens (including phenoxy) is 2. The van der Waals surface area contributed by atoms with E-state index in [0.29, 0.717) is 17.5 Å². The Morgan fingerprint density at radius 2 is 1.49 bits per heavy atom. The summed E-state index contributed by atoms with van der Waals surface area (Å²) in [6.45, 7) is 5.25. The molecule has 0 amide bonds. The lowest BCUT2D eigenvalue weighted by molar-refractivity contribution is 0.211. The number of benzene rings is 2. The van der Waals surface area contributed by atoms with Gasteiger partial charge in [0.15, 0.2) is 11.5 Å². The zero-order chi connectivity index (χ0) is 25.2. The van der Waals surface area contributed by atoms with Gasteiger partial charge in [-0.05, 0) is 62.0 Å². The van der Waals surface area contributed by atoms with Crippen LogP contribution in [0.25, 0.3) is 10.9 Å². The molecule has 0 unspecified atom stereocenters. The van der Waals surface area contributed by atoms with Crippen molar-refractivity contribution in [2.24, 2.45) is 11.8 Å². The van der Waals surface area contributed by atoms with E-state index in [1.807, 2.05) is 12.1 Å². The van der Waals surface area contributed by atoms with Crippen molar-refractivity contribution in [1.29, 1.82) is 0 Å². The molecule has 6 rings (SSSR count). The van der Waals surface area contributed by atoms with Gasteiger partial charge in [0.25, 0.3) is 0 Å². The SMILES string of the molecule is COc1cc2nc(N3CCC(C4CC4)CC3)nc(NC3CCN(Cc4ccccc4)CC3)c2cc1OC. The predicted molar refractivity (Wildman–Crippen MR) is 149 cm³/mol. The molecule has 1 saturated carbocycles. The number of piperidine rings is 2. The fraction of sp³-hybridized carbons (Fsp3) is 0.533. The maximum atomic E-state index is 5.62. The molecule has 0 atom stereocenters. The summed E-state index contributed by atoms with van der Waals surface area (Å²) in [4.78, 5) is 15.1. The van der Waals surface area contributed by atoms with Crippen LogP contribution in [-0.4, -0.2) is 61.3 Å². The molecular formula is C30H39N5O2. The van der Waals surface area contributed by atoms with Gasteiger partial charge in [0.2, 0.25) is 5.95 Å². The Morgan fingerprint density at radius 1 is 0.811 bits per heavy atom. The van der Waals surface area contributed by atoms with Crippen LogP contribution >= 0.6 is 0 Å². The Hall–Kier alpha value is -3.06. The molecule has 0 radical (unpaired) electrons. The second-order valence-corrected chi connectivity index (χ2v) is 10.9. The first kappa shape index (κ1) is 24.3. The second-order valence-electron chi connectivity index (χ2n) is 10.9. The van der Waals surface area contributed by atoms with Crippen molar-refractivity contribution in [2.75, 3.05) is 50.6 Å². The Balaban J connectivity index is 1.21. The van der Waals surface area contributed by atoms with Crippen LogP contribution in [0.4, 0.5) is 11.8 Å². The van der Waals surface area contributed by atoms with Gasteiger partial charge in [-0.15, -0.1) is 0 Å². The van der Waals surface area contributed by atoms with Crippen molar-refractivity contribution in [3.63, 3.8) is 0 Å². The van der Waals surface area contributed by atoms with Crippen molar-refractivity contribution in [1.82, 2.24) is 14.9 Å². The minimum Gasteiger partial charge on any atom is -0.493 e. The molecule has 2 aliphatic heterocycles. The number of hydrogen-bond acceptors (Lipinski definition) is 7. The number of methoxy groups -OCH3 is 2. The number of nitrogens with one attached hydrogen (secondary N) is 1. The Kier molecular flexibility index (Phi) is 7.05. The van der Waals surface area contributed by atoms with Crippen LogP contribution in [0.15, 0.2) is 42.5 Å². The molecule has 196 valence electrons. The number of fused-ring (bicyclic) bond motifs is 1. The maximum Gasteiger partial charge on any atom is 0.227 e. The third-order valence-corrected chi connectivity index (χ3v) is 8.48. The summed E-state index contributed by atoms with van der Waals surface area (Å²) in [5, 5.41) is 4.80. The first-order chi connectivity index (χ1) is 18.2. The average Bonchev–Trinajstić information content (AvgIpc) is 3.80. The first-order valence-corrected chi connectivity index (χ1v) is 13.9. The molecule has 7 nitrogen and oxygen atoms in total. The van der Waals surface area contributed by atoms with Crippen molar-refractivity contribution in [3.05, 3.63) is 48.0 Å². The molecule has 1 N–H and O–H groups in total. The first-order valence-electron chi connectivity index (χ1n) is 13.9. The third kappa shape index (κ3) is 5.47. The summed E-state index contributed by atoms with van der Waals surface area (Å²) in [6, 6.07) is 15.2. The smallest absolute Gasteiger partial charge is 0.227 e. The normalized spacial score (nSPS) is 19.8. The van der Waals surface area contributed by atoms with Crippen molar-refractivity contribution < 1.29 is 9.47 Å². The van der Waals surface area contributed by atoms with E-state index in [4.69, 9.17) is 19.4 Å². The largest absolute Gasteiger partial charge is 0.493 e. The van der Waals surface area contributed by atoms with E-state index >= 15 is 0 Å². The number of nitrogens with zero attached hydrogens (tertiary/aromatic N) is 4. The van der Waals surface area contributed by atoms with Gasteiger partial charge >= 0.3 is 0 Å². The molecule has 3 heterocycles. The highest BCUT2D eigenvalue weighted by atomic mass is 16.5. The predicted octanol–water partition coefficient (Wildman–Crippen LogP) is 5.35. The molecule has 1 aliphatic carbocycles. The zero-order valence-corrected chi connectivity index (χ0v) is 22.2. The molecule has 0 bridgehead atoms. The van der Waals surface area contributed by atoms with Crippen LogP contribution in [-0.2, 0) is 6.54 Å². The van der Waals surface area contributed by atoms with E-state index in [2.05, 4.69) is 45.4 Å². The minimum atomic E-state index is 0.381. The monoisotopic (exact) mass is 501 g/mol. The number of hydrogen-bond donors (Lipinski definition) is 1. The molecule has 2 saturated heterocycles. The topological polar surface area (TPSA) is 62.8 Å². The van der Waals surface area contributed by atoms with Gasteiger partial charge in [0.05, 0.1) is 19.7 Å². The quantitative estimate of drug-likeness (QED) is 0.446. The summed E-state index contributed by atoms with van der Waals surface area (Å²) in [6.07, 6.45) is 7.54. The molecule has 3 fully saturated rings. The number of rotatable bonds is 8. The van der Waals surface area contributed by atoms with Gasteiger partial charge in [0.1, 0.15) is 5.82 Å². The Morgan fingerprint density at radius 3 is 2.16 bits per heavy atom. The molecule has 3 aromatic rings. The van der Waals surface area contributed by atoms with Crippen molar-refractivity contribution >= 4 is 22.7 Å². The highest BCUT2D eigenvalue weighted by Gasteiger charge is 2.34. The van der Waals surface area contributed by atoms with E-state index in [9.17, 15) is 0 Å². The minimum absolute atomic E-state index is 0.381. The summed E-state index contributed by atoms with van der Waals surface area (Å²) in [5.41, 5.74) is 2.28. The van der Waals surface area contributed by atoms with E-state index < -0.39 is 0 Å². The van der Waals surface area contributed by atoms with Crippen molar-refractivity contribution in [2.45, 2.75) is 51.1 Å². The van der Waals surface area contributed by atoms with E-state index in [0.717, 1.165) is 80.1 Å². The van der Waals surface area contributed by atoms with Gasteiger partial charge < -0.3 is 19.7 Å². The van der Waals surface area contributed by atoms with Crippen LogP contribution < -0.4 is 19.7 Å². The van der Waals surface area contributed by atoms with Gasteiger partial charge in [-0.3, -0.25) is 4.90 Å². The summed E-state index contributed by atoms with van der Waals surface area (Å²) in [7, 11) is 3.36. The average molecular weight is 502 g/mol. The van der Waals surface area contributed by atoms with E-state index in [1.54, 1.807) is 14.2 Å². The van der Waals surface area contributed by atoms with Crippen LogP contribution in [0.2, 0.25) is 0 Å². The maximum absolute atomic E-state index is 5.62. The zero-order valence-electron chi connectivity index (χ0n) is 22.2. The van der Waals surface area contributed by atoms with E-state index in [-0.39, 0.29) is 0 Å². The number of aromatic nitrogens is 2. The Labute approximate surface area is 220 Å². The summed E-state index contributed by atoms with van der Waals surface area (Å²) < 4.78 is 11.2. The molecule has 37 heavy (non-hydrogen) atoms. The molecular weight excluding hydrogens is 462 g/mol. The third-order valence-electron chi connectivity index (χ3n) is 8.48. The molecule has 3 aliphatic rings. The fourth-order valence-corrected chi connectivity index (χ4v) is 6.10. The van der Waals surface area contributed by atoms with E-state index in [1.165, 1.54) is 31.2 Å². The highest BCUT2D eigenvalue weighted by Crippen LogP contribution is 2.42. The Bertz CT molecular complexity index is 1200. The van der Waals surface area contributed by atoms with Gasteiger partial charge in [-0.1, -0.05) is 30.3 Å². The molecule has 1 aromatic heterocycles. The molecule has 2 aromatic carbocycles. The lowest BCUT2D eigenvalue weighted by atomic mass is 9.92. The highest BCUT2D eigenvalue weighted by molar-refractivity contribution is 5.93. The van der Waals surface area contributed by atoms with Crippen molar-refractivity contribution in [3.8, 4) is 11.5 Å².